The molecule has 0 unspecified atom stereocenters. The van der Waals surface area contributed by atoms with Crippen LogP contribution >= 0.6 is 15.9 Å². The van der Waals surface area contributed by atoms with Gasteiger partial charge in [0.05, 0.1) is 11.9 Å². The van der Waals surface area contributed by atoms with Gasteiger partial charge in [0.1, 0.15) is 4.60 Å². The van der Waals surface area contributed by atoms with Crippen molar-refractivity contribution in [3.63, 3.8) is 0 Å². The Morgan fingerprint density at radius 1 is 1.23 bits per heavy atom. The highest BCUT2D eigenvalue weighted by atomic mass is 79.9. The summed E-state index contributed by atoms with van der Waals surface area (Å²) < 4.78 is 0.726. The number of nitrogens with zero attached hydrogens (tertiary/aromatic N) is 2. The zero-order valence-electron chi connectivity index (χ0n) is 12.2. The molecule has 1 aromatic carbocycles. The lowest BCUT2D eigenvalue weighted by molar-refractivity contribution is 0.0966. The van der Waals surface area contributed by atoms with E-state index in [1.807, 2.05) is 12.1 Å². The molecule has 4 nitrogen and oxygen atoms in total. The number of carbonyl (C=O) groups is 2. The van der Waals surface area contributed by atoms with Gasteiger partial charge in [-0.05, 0) is 58.6 Å². The van der Waals surface area contributed by atoms with Gasteiger partial charge in [-0.3, -0.25) is 9.59 Å². The van der Waals surface area contributed by atoms with Crippen molar-refractivity contribution in [2.75, 3.05) is 11.9 Å². The second kappa shape index (κ2) is 6.01. The summed E-state index contributed by atoms with van der Waals surface area (Å²) in [6.45, 7) is 0. The maximum Gasteiger partial charge on any atom is 0.258 e. The number of pyridine rings is 1. The zero-order chi connectivity index (χ0) is 15.7. The van der Waals surface area contributed by atoms with Crippen LogP contribution in [0.25, 0.3) is 0 Å². The maximum atomic E-state index is 12.6. The Hall–Kier alpha value is -2.01. The molecule has 0 radical (unpaired) electrons. The van der Waals surface area contributed by atoms with Gasteiger partial charge in [-0.2, -0.15) is 0 Å². The normalized spacial score (nSPS) is 13.6. The van der Waals surface area contributed by atoms with Crippen molar-refractivity contribution in [3.05, 3.63) is 57.8 Å². The average Bonchev–Trinajstić information content (AvgIpc) is 2.54. The summed E-state index contributed by atoms with van der Waals surface area (Å²) in [5.74, 6) is 0.0654. The number of carbonyl (C=O) groups excluding carboxylic acids is 2. The molecule has 1 heterocycles. The molecule has 22 heavy (non-hydrogen) atoms. The van der Waals surface area contributed by atoms with E-state index < -0.39 is 0 Å². The molecular weight excluding hydrogens is 344 g/mol. The molecule has 0 saturated carbocycles. The van der Waals surface area contributed by atoms with Crippen molar-refractivity contribution in [1.29, 1.82) is 0 Å². The fraction of sp³-hybridized carbons (Fsp3) is 0.235. The lowest BCUT2D eigenvalue weighted by atomic mass is 9.89. The summed E-state index contributed by atoms with van der Waals surface area (Å²) in [4.78, 5) is 30.1. The van der Waals surface area contributed by atoms with Crippen LogP contribution < -0.4 is 4.90 Å². The van der Waals surface area contributed by atoms with Gasteiger partial charge < -0.3 is 4.90 Å². The second-order valence-corrected chi connectivity index (χ2v) is 6.16. The summed E-state index contributed by atoms with van der Waals surface area (Å²) in [6, 6.07) is 8.98. The number of anilines is 1. The molecule has 0 spiro atoms. The van der Waals surface area contributed by atoms with E-state index in [2.05, 4.69) is 20.9 Å². The van der Waals surface area contributed by atoms with Crippen LogP contribution in [0.15, 0.2) is 41.1 Å². The molecule has 0 N–H and O–H groups in total. The van der Waals surface area contributed by atoms with Crippen LogP contribution in [0.2, 0.25) is 0 Å². The molecule has 0 fully saturated rings. The molecule has 0 atom stereocenters. The van der Waals surface area contributed by atoms with E-state index in [9.17, 15) is 9.59 Å². The number of halogens is 1. The minimum atomic E-state index is -0.107. The summed E-state index contributed by atoms with van der Waals surface area (Å²) in [5, 5.41) is 0. The number of aromatic nitrogens is 1. The Bertz CT molecular complexity index is 741. The fourth-order valence-electron chi connectivity index (χ4n) is 2.66. The summed E-state index contributed by atoms with van der Waals surface area (Å²) in [7, 11) is 1.72. The molecule has 112 valence electrons. The van der Waals surface area contributed by atoms with Crippen LogP contribution in [0.3, 0.4) is 0 Å². The minimum Gasteiger partial charge on any atom is -0.310 e. The zero-order valence-corrected chi connectivity index (χ0v) is 13.8. The van der Waals surface area contributed by atoms with Gasteiger partial charge in [0.2, 0.25) is 0 Å². The fourth-order valence-corrected chi connectivity index (χ4v) is 2.89. The van der Waals surface area contributed by atoms with E-state index in [1.165, 1.54) is 0 Å². The number of hydrogen-bond acceptors (Lipinski definition) is 3. The molecule has 2 aromatic rings. The van der Waals surface area contributed by atoms with Crippen LogP contribution in [-0.4, -0.2) is 23.7 Å². The highest BCUT2D eigenvalue weighted by Crippen LogP contribution is 2.24. The Kier molecular flexibility index (Phi) is 4.07. The highest BCUT2D eigenvalue weighted by molar-refractivity contribution is 9.10. The Labute approximate surface area is 137 Å². The van der Waals surface area contributed by atoms with Gasteiger partial charge in [0, 0.05) is 24.6 Å². The second-order valence-electron chi connectivity index (χ2n) is 5.35. The van der Waals surface area contributed by atoms with Crippen molar-refractivity contribution in [1.82, 2.24) is 4.98 Å². The number of fused-ring (bicyclic) bond motifs is 1. The Morgan fingerprint density at radius 2 is 2.05 bits per heavy atom. The van der Waals surface area contributed by atoms with Gasteiger partial charge in [-0.1, -0.05) is 6.07 Å². The van der Waals surface area contributed by atoms with Gasteiger partial charge in [0.15, 0.2) is 5.78 Å². The molecular formula is C17H15BrN2O2. The standard InChI is InChI=1S/C17H15BrN2O2/c1-20(13-6-8-16(18)19-10-13)17(22)12-5-7-14-11(9-12)3-2-4-15(14)21/h5-10H,2-4H2,1H3. The molecule has 1 amide bonds. The van der Waals surface area contributed by atoms with Gasteiger partial charge in [0.25, 0.3) is 5.91 Å². The first-order valence-electron chi connectivity index (χ1n) is 7.12. The lowest BCUT2D eigenvalue weighted by Gasteiger charge is -2.19. The summed E-state index contributed by atoms with van der Waals surface area (Å²) >= 11 is 3.28. The van der Waals surface area contributed by atoms with Crippen molar-refractivity contribution >= 4 is 33.3 Å². The molecule has 3 rings (SSSR count). The number of ketones is 1. The van der Waals surface area contributed by atoms with Crippen molar-refractivity contribution in [2.24, 2.45) is 0 Å². The average molecular weight is 359 g/mol. The Balaban J connectivity index is 1.89. The topological polar surface area (TPSA) is 50.3 Å². The smallest absolute Gasteiger partial charge is 0.258 e. The van der Waals surface area contributed by atoms with Crippen LogP contribution in [0, 0.1) is 0 Å². The number of benzene rings is 1. The van der Waals surface area contributed by atoms with Gasteiger partial charge in [-0.15, -0.1) is 0 Å². The number of hydrogen-bond donors (Lipinski definition) is 0. The third-order valence-electron chi connectivity index (χ3n) is 3.91. The molecule has 1 aliphatic carbocycles. The largest absolute Gasteiger partial charge is 0.310 e. The Morgan fingerprint density at radius 3 is 2.77 bits per heavy atom. The summed E-state index contributed by atoms with van der Waals surface area (Å²) in [6.07, 6.45) is 3.95. The predicted octanol–water partition coefficient (Wildman–Crippen LogP) is 3.64. The van der Waals surface area contributed by atoms with Crippen LogP contribution in [0.5, 0.6) is 0 Å². The lowest BCUT2D eigenvalue weighted by Crippen LogP contribution is -2.26. The first-order valence-corrected chi connectivity index (χ1v) is 7.91. The predicted molar refractivity (Wildman–Crippen MR) is 88.4 cm³/mol. The third kappa shape index (κ3) is 2.81. The first-order chi connectivity index (χ1) is 10.6. The minimum absolute atomic E-state index is 0.107. The summed E-state index contributed by atoms with van der Waals surface area (Å²) in [5.41, 5.74) is 3.06. The molecule has 0 aliphatic heterocycles. The van der Waals surface area contributed by atoms with Crippen molar-refractivity contribution in [2.45, 2.75) is 19.3 Å². The first kappa shape index (κ1) is 14.9. The van der Waals surface area contributed by atoms with Crippen LogP contribution in [-0.2, 0) is 6.42 Å². The maximum absolute atomic E-state index is 12.6. The molecule has 1 aromatic heterocycles. The quantitative estimate of drug-likeness (QED) is 0.770. The van der Waals surface area contributed by atoms with E-state index in [0.29, 0.717) is 12.0 Å². The van der Waals surface area contributed by atoms with Crippen molar-refractivity contribution < 1.29 is 9.59 Å². The van der Waals surface area contributed by atoms with E-state index in [4.69, 9.17) is 0 Å². The molecule has 1 aliphatic rings. The monoisotopic (exact) mass is 358 g/mol. The SMILES string of the molecule is CN(C(=O)c1ccc2c(c1)CCCC2=O)c1ccc(Br)nc1. The molecule has 0 bridgehead atoms. The van der Waals surface area contributed by atoms with Gasteiger partial charge >= 0.3 is 0 Å². The van der Waals surface area contributed by atoms with Crippen LogP contribution in [0.1, 0.15) is 39.1 Å². The van der Waals surface area contributed by atoms with E-state index >= 15 is 0 Å². The van der Waals surface area contributed by atoms with Crippen LogP contribution in [0.4, 0.5) is 5.69 Å². The molecule has 5 heteroatoms. The molecule has 0 saturated heterocycles. The van der Waals surface area contributed by atoms with Crippen molar-refractivity contribution in [3.8, 4) is 0 Å². The number of aryl methyl sites for hydroxylation is 1. The third-order valence-corrected chi connectivity index (χ3v) is 4.38. The number of amides is 1. The van der Waals surface area contributed by atoms with E-state index in [0.717, 1.165) is 34.3 Å². The van der Waals surface area contributed by atoms with E-state index in [-0.39, 0.29) is 11.7 Å². The van der Waals surface area contributed by atoms with E-state index in [1.54, 1.807) is 36.3 Å². The highest BCUT2D eigenvalue weighted by Gasteiger charge is 2.20. The van der Waals surface area contributed by atoms with Gasteiger partial charge in [-0.25, -0.2) is 4.98 Å². The number of Topliss-reactive ketones (excluding diaryl/α,β-unsaturated/α-hetero) is 1. The number of rotatable bonds is 2.